The van der Waals surface area contributed by atoms with Gasteiger partial charge in [-0.05, 0) is 131 Å². The molecule has 1 spiro atoms. The molecule has 0 saturated heterocycles. The van der Waals surface area contributed by atoms with Gasteiger partial charge in [-0.25, -0.2) is 8.42 Å². The van der Waals surface area contributed by atoms with Gasteiger partial charge in [-0.1, -0.05) is 141 Å². The summed E-state index contributed by atoms with van der Waals surface area (Å²) in [7, 11) is -3.82. The number of benzene rings is 8. The molecule has 0 amide bonds. The molecule has 9 aromatic rings. The van der Waals surface area contributed by atoms with Gasteiger partial charge in [0.25, 0.3) is 0 Å². The fraction of sp³-hybridized carbons (Fsp3) is 0.179. The minimum Gasteiger partial charge on any atom is -0.456 e. The van der Waals surface area contributed by atoms with Crippen LogP contribution in [0.25, 0.3) is 55.0 Å². The molecule has 2 heterocycles. The van der Waals surface area contributed by atoms with Crippen molar-refractivity contribution in [1.82, 2.24) is 0 Å². The number of fused-ring (bicyclic) bond motifs is 6. The Morgan fingerprint density at radius 2 is 1.18 bits per heavy atom. The van der Waals surface area contributed by atoms with Gasteiger partial charge >= 0.3 is 0 Å². The van der Waals surface area contributed by atoms with Crippen LogP contribution in [0.4, 0.5) is 17.1 Å². The predicted molar refractivity (Wildman–Crippen MR) is 249 cm³/mol. The van der Waals surface area contributed by atoms with Crippen LogP contribution < -0.4 is 4.90 Å². The van der Waals surface area contributed by atoms with Crippen LogP contribution >= 0.6 is 0 Å². The first kappa shape index (κ1) is 36.4. The Bertz CT molecular complexity index is 3290. The van der Waals surface area contributed by atoms with E-state index in [0.717, 1.165) is 109 Å². The average molecular weight is 812 g/mol. The summed E-state index contributed by atoms with van der Waals surface area (Å²) in [6.45, 7) is 2.39. The Morgan fingerprint density at radius 1 is 0.557 bits per heavy atom. The minimum atomic E-state index is -3.82. The van der Waals surface area contributed by atoms with Crippen molar-refractivity contribution in [3.63, 3.8) is 0 Å². The topological polar surface area (TPSA) is 50.5 Å². The molecule has 1 aromatic heterocycles. The molecular formula is C56H45NO3S. The SMILES string of the molecule is C[C@@H]1C[C@H]2CCC[C@@H](C1)C21c2ccccc2S(=O)(=O)c2cc(N(c3ccc(-c4ccccc4-c4cccc5oc6ccccc6c45)cc3)c3cccc4ccccc34)ccc21. The van der Waals surface area contributed by atoms with E-state index in [9.17, 15) is 0 Å². The maximum atomic E-state index is 15.0. The summed E-state index contributed by atoms with van der Waals surface area (Å²) in [6.07, 6.45) is 5.70. The average Bonchev–Trinajstić information content (AvgIpc) is 3.68. The molecule has 2 fully saturated rings. The van der Waals surface area contributed by atoms with Crippen LogP contribution in [0.15, 0.2) is 190 Å². The summed E-state index contributed by atoms with van der Waals surface area (Å²) in [5.74, 6) is 1.44. The molecule has 4 atom stereocenters. The second-order valence-electron chi connectivity index (χ2n) is 17.7. The third-order valence-corrected chi connectivity index (χ3v) is 16.3. The van der Waals surface area contributed by atoms with Gasteiger partial charge in [0, 0.05) is 32.9 Å². The molecule has 12 rings (SSSR count). The molecule has 0 radical (unpaired) electrons. The van der Waals surface area contributed by atoms with Crippen LogP contribution in [0, 0.1) is 17.8 Å². The number of sulfone groups is 1. The van der Waals surface area contributed by atoms with Crippen LogP contribution in [-0.2, 0) is 15.3 Å². The lowest BCUT2D eigenvalue weighted by atomic mass is 9.48. The third-order valence-electron chi connectivity index (χ3n) is 14.4. The Hall–Kier alpha value is -6.43. The van der Waals surface area contributed by atoms with Crippen molar-refractivity contribution in [2.24, 2.45) is 17.8 Å². The van der Waals surface area contributed by atoms with E-state index >= 15 is 8.42 Å². The zero-order valence-electron chi connectivity index (χ0n) is 34.1. The first-order chi connectivity index (χ1) is 29.9. The Labute approximate surface area is 357 Å². The normalized spacial score (nSPS) is 21.4. The fourth-order valence-corrected chi connectivity index (χ4v) is 13.9. The lowest BCUT2D eigenvalue weighted by Gasteiger charge is -2.57. The molecule has 2 bridgehead atoms. The van der Waals surface area contributed by atoms with Gasteiger partial charge in [-0.15, -0.1) is 0 Å². The van der Waals surface area contributed by atoms with E-state index in [1.54, 1.807) is 0 Å². The summed E-state index contributed by atoms with van der Waals surface area (Å²) < 4.78 is 36.4. The zero-order valence-corrected chi connectivity index (χ0v) is 34.9. The third kappa shape index (κ3) is 5.39. The minimum absolute atomic E-state index is 0.313. The molecule has 4 nitrogen and oxygen atoms in total. The second-order valence-corrected chi connectivity index (χ2v) is 19.5. The Kier molecular flexibility index (Phi) is 8.24. The van der Waals surface area contributed by atoms with E-state index < -0.39 is 9.84 Å². The highest BCUT2D eigenvalue weighted by Gasteiger charge is 2.58. The largest absolute Gasteiger partial charge is 0.456 e. The number of furan rings is 1. The van der Waals surface area contributed by atoms with Gasteiger partial charge in [0.05, 0.1) is 15.5 Å². The highest BCUT2D eigenvalue weighted by molar-refractivity contribution is 7.91. The lowest BCUT2D eigenvalue weighted by molar-refractivity contribution is 0.0488. The summed E-state index contributed by atoms with van der Waals surface area (Å²) in [4.78, 5) is 3.21. The zero-order chi connectivity index (χ0) is 40.9. The highest BCUT2D eigenvalue weighted by Crippen LogP contribution is 2.63. The summed E-state index contributed by atoms with van der Waals surface area (Å²) in [6, 6.07) is 61.1. The monoisotopic (exact) mass is 811 g/mol. The van der Waals surface area contributed by atoms with E-state index in [1.165, 1.54) is 6.42 Å². The van der Waals surface area contributed by atoms with E-state index in [4.69, 9.17) is 4.42 Å². The molecule has 1 unspecified atom stereocenters. The van der Waals surface area contributed by atoms with Crippen LogP contribution in [0.3, 0.4) is 0 Å². The van der Waals surface area contributed by atoms with Gasteiger partial charge < -0.3 is 9.32 Å². The number of hydrogen-bond donors (Lipinski definition) is 0. The van der Waals surface area contributed by atoms with E-state index in [0.29, 0.717) is 27.5 Å². The molecule has 8 aromatic carbocycles. The van der Waals surface area contributed by atoms with E-state index in [-0.39, 0.29) is 5.41 Å². The standard InChI is InChI=1S/C56H45NO3S/c1-36-33-39-15-11-16-40(34-36)56(39)48-22-7-9-26-53(48)61(58,59)54-35-42(31-32-49(54)56)57(50-23-10-14-37-13-2-3-18-44(37)50)41-29-27-38(28-30-41)43-17-4-5-19-45(43)46-21-12-25-52-55(46)47-20-6-8-24-51(47)60-52/h2-10,12-14,17-32,35-36,39-40H,11,15-16,33-34H2,1H3/t36-,39-,40+,56?. The van der Waals surface area contributed by atoms with Gasteiger partial charge in [0.1, 0.15) is 11.2 Å². The fourth-order valence-electron chi connectivity index (χ4n) is 12.1. The van der Waals surface area contributed by atoms with Gasteiger partial charge in [-0.2, -0.15) is 0 Å². The van der Waals surface area contributed by atoms with E-state index in [2.05, 4.69) is 145 Å². The van der Waals surface area contributed by atoms with Crippen molar-refractivity contribution in [2.75, 3.05) is 4.90 Å². The predicted octanol–water partition coefficient (Wildman–Crippen LogP) is 14.8. The smallest absolute Gasteiger partial charge is 0.207 e. The lowest BCUT2D eigenvalue weighted by Crippen LogP contribution is -2.53. The van der Waals surface area contributed by atoms with Crippen LogP contribution in [-0.4, -0.2) is 8.42 Å². The molecule has 0 N–H and O–H groups in total. The van der Waals surface area contributed by atoms with Gasteiger partial charge in [0.15, 0.2) is 0 Å². The van der Waals surface area contributed by atoms with Crippen LogP contribution in [0.1, 0.15) is 50.2 Å². The number of para-hydroxylation sites is 1. The molecular weight excluding hydrogens is 767 g/mol. The number of anilines is 3. The Balaban J connectivity index is 1.03. The summed E-state index contributed by atoms with van der Waals surface area (Å²) in [5, 5.41) is 4.44. The van der Waals surface area contributed by atoms with Crippen LogP contribution in [0.5, 0.6) is 0 Å². The molecule has 1 aliphatic heterocycles. The van der Waals surface area contributed by atoms with Crippen molar-refractivity contribution in [1.29, 1.82) is 0 Å². The van der Waals surface area contributed by atoms with Crippen molar-refractivity contribution in [3.8, 4) is 22.3 Å². The maximum Gasteiger partial charge on any atom is 0.207 e. The summed E-state index contributed by atoms with van der Waals surface area (Å²) in [5.41, 5.74) is 10.7. The van der Waals surface area contributed by atoms with Crippen molar-refractivity contribution < 1.29 is 12.8 Å². The molecule has 2 saturated carbocycles. The molecule has 2 aliphatic carbocycles. The number of rotatable bonds is 5. The summed E-state index contributed by atoms with van der Waals surface area (Å²) >= 11 is 0. The van der Waals surface area contributed by atoms with Crippen LogP contribution in [0.2, 0.25) is 0 Å². The Morgan fingerprint density at radius 3 is 2.02 bits per heavy atom. The van der Waals surface area contributed by atoms with Gasteiger partial charge in [0.2, 0.25) is 9.84 Å². The first-order valence-corrected chi connectivity index (χ1v) is 23.3. The first-order valence-electron chi connectivity index (χ1n) is 21.8. The van der Waals surface area contributed by atoms with Crippen molar-refractivity contribution in [3.05, 3.63) is 187 Å². The van der Waals surface area contributed by atoms with E-state index in [1.807, 2.05) is 42.5 Å². The van der Waals surface area contributed by atoms with Crippen molar-refractivity contribution in [2.45, 2.75) is 54.2 Å². The molecule has 5 heteroatoms. The quantitative estimate of drug-likeness (QED) is 0.174. The van der Waals surface area contributed by atoms with Gasteiger partial charge in [-0.3, -0.25) is 0 Å². The maximum absolute atomic E-state index is 15.0. The van der Waals surface area contributed by atoms with Crippen molar-refractivity contribution >= 4 is 59.6 Å². The molecule has 298 valence electrons. The number of nitrogens with zero attached hydrogens (tertiary/aromatic N) is 1. The second kappa shape index (κ2) is 13.8. The highest BCUT2D eigenvalue weighted by atomic mass is 32.2. The number of hydrogen-bond acceptors (Lipinski definition) is 4. The molecule has 61 heavy (non-hydrogen) atoms. The molecule has 3 aliphatic rings.